The van der Waals surface area contributed by atoms with E-state index in [0.29, 0.717) is 0 Å². The normalized spacial score (nSPS) is 10.1. The van der Waals surface area contributed by atoms with E-state index in [2.05, 4.69) is 10.3 Å². The highest BCUT2D eigenvalue weighted by Gasteiger charge is 2.25. The smallest absolute Gasteiger partial charge is 0.305 e. The van der Waals surface area contributed by atoms with Gasteiger partial charge in [-0.05, 0) is 11.6 Å². The Morgan fingerprint density at radius 3 is 2.40 bits per heavy atom. The number of aromatic nitrogens is 1. The zero-order chi connectivity index (χ0) is 9.73. The van der Waals surface area contributed by atoms with Gasteiger partial charge < -0.3 is 5.32 Å². The van der Waals surface area contributed by atoms with E-state index < -0.39 is 12.7 Å². The second kappa shape index (κ2) is 7.73. The lowest BCUT2D eigenvalue weighted by Crippen LogP contribution is -2.28. The van der Waals surface area contributed by atoms with Crippen molar-refractivity contribution in [2.45, 2.75) is 12.7 Å². The molecule has 7 heteroatoms. The van der Waals surface area contributed by atoms with E-state index in [0.717, 1.165) is 5.56 Å². The first-order valence-electron chi connectivity index (χ1n) is 3.74. The predicted molar refractivity (Wildman–Crippen MR) is 56.5 cm³/mol. The molecule has 0 saturated heterocycles. The van der Waals surface area contributed by atoms with Crippen molar-refractivity contribution in [2.24, 2.45) is 0 Å². The monoisotopic (exact) mass is 262 g/mol. The molecule has 0 saturated carbocycles. The van der Waals surface area contributed by atoms with Crippen LogP contribution < -0.4 is 5.32 Å². The Morgan fingerprint density at radius 1 is 1.27 bits per heavy atom. The van der Waals surface area contributed by atoms with Crippen molar-refractivity contribution >= 4 is 24.8 Å². The van der Waals surface area contributed by atoms with E-state index in [-0.39, 0.29) is 31.4 Å². The van der Waals surface area contributed by atoms with Gasteiger partial charge in [-0.15, -0.1) is 24.8 Å². The van der Waals surface area contributed by atoms with Crippen LogP contribution in [0.4, 0.5) is 13.2 Å². The second-order valence-electron chi connectivity index (χ2n) is 2.58. The Bertz CT molecular complexity index is 254. The average molecular weight is 263 g/mol. The highest BCUT2D eigenvalue weighted by atomic mass is 35.5. The van der Waals surface area contributed by atoms with Gasteiger partial charge in [0.2, 0.25) is 0 Å². The van der Waals surface area contributed by atoms with Crippen molar-refractivity contribution in [3.63, 3.8) is 0 Å². The molecule has 0 aromatic carbocycles. The second-order valence-corrected chi connectivity index (χ2v) is 2.58. The summed E-state index contributed by atoms with van der Waals surface area (Å²) in [4.78, 5) is 3.78. The first-order valence-corrected chi connectivity index (χ1v) is 3.74. The summed E-state index contributed by atoms with van der Waals surface area (Å²) in [5, 5.41) is 2.28. The van der Waals surface area contributed by atoms with Gasteiger partial charge in [-0.1, -0.05) is 6.07 Å². The van der Waals surface area contributed by atoms with Crippen molar-refractivity contribution in [1.29, 1.82) is 0 Å². The van der Waals surface area contributed by atoms with E-state index in [1.54, 1.807) is 18.3 Å². The molecule has 0 aliphatic carbocycles. The minimum absolute atomic E-state index is 0. The lowest BCUT2D eigenvalue weighted by atomic mass is 10.3. The molecular weight excluding hydrogens is 252 g/mol. The zero-order valence-corrected chi connectivity index (χ0v) is 9.25. The summed E-state index contributed by atoms with van der Waals surface area (Å²) in [5.41, 5.74) is 0.742. The summed E-state index contributed by atoms with van der Waals surface area (Å²) in [6.45, 7) is -0.782. The quantitative estimate of drug-likeness (QED) is 0.906. The first-order chi connectivity index (χ1) is 6.08. The lowest BCUT2D eigenvalue weighted by molar-refractivity contribution is -0.125. The number of nitrogens with one attached hydrogen (secondary N) is 1. The number of pyridine rings is 1. The first kappa shape index (κ1) is 16.9. The van der Waals surface area contributed by atoms with Crippen LogP contribution in [0.15, 0.2) is 24.5 Å². The Labute approximate surface area is 98.1 Å². The van der Waals surface area contributed by atoms with Crippen LogP contribution in [0.2, 0.25) is 0 Å². The molecule has 0 aliphatic rings. The fourth-order valence-electron chi connectivity index (χ4n) is 0.851. The Balaban J connectivity index is 0. The maximum Gasteiger partial charge on any atom is 0.401 e. The summed E-state index contributed by atoms with van der Waals surface area (Å²) in [5.74, 6) is 0. The highest BCUT2D eigenvalue weighted by Crippen LogP contribution is 2.12. The molecule has 1 aromatic heterocycles. The number of rotatable bonds is 3. The number of hydrogen-bond donors (Lipinski definition) is 1. The van der Waals surface area contributed by atoms with Crippen LogP contribution in [0.1, 0.15) is 5.56 Å². The predicted octanol–water partition coefficient (Wildman–Crippen LogP) is 2.58. The van der Waals surface area contributed by atoms with Gasteiger partial charge in [0.15, 0.2) is 0 Å². The molecule has 1 heterocycles. The van der Waals surface area contributed by atoms with Crippen LogP contribution in [-0.4, -0.2) is 17.7 Å². The third-order valence-corrected chi connectivity index (χ3v) is 1.38. The van der Waals surface area contributed by atoms with E-state index in [1.807, 2.05) is 0 Å². The Morgan fingerprint density at radius 2 is 1.93 bits per heavy atom. The fraction of sp³-hybridized carbons (Fsp3) is 0.375. The van der Waals surface area contributed by atoms with Crippen molar-refractivity contribution in [1.82, 2.24) is 10.3 Å². The molecule has 0 spiro atoms. The summed E-state index contributed by atoms with van der Waals surface area (Å²) in [6.07, 6.45) is -1.04. The Hall–Kier alpha value is -0.520. The zero-order valence-electron chi connectivity index (χ0n) is 7.62. The molecule has 0 aliphatic heterocycles. The number of nitrogens with zero attached hydrogens (tertiary/aromatic N) is 1. The SMILES string of the molecule is Cl.Cl.FC(F)(F)CNCc1cccnc1. The third kappa shape index (κ3) is 8.47. The molecule has 1 aromatic rings. The molecule has 88 valence electrons. The van der Waals surface area contributed by atoms with Gasteiger partial charge in [-0.2, -0.15) is 13.2 Å². The molecule has 0 atom stereocenters. The summed E-state index contributed by atoms with van der Waals surface area (Å²) >= 11 is 0. The maximum atomic E-state index is 11.7. The molecule has 15 heavy (non-hydrogen) atoms. The number of alkyl halides is 3. The van der Waals surface area contributed by atoms with Gasteiger partial charge in [0, 0.05) is 18.9 Å². The van der Waals surface area contributed by atoms with Crippen LogP contribution in [-0.2, 0) is 6.54 Å². The van der Waals surface area contributed by atoms with E-state index >= 15 is 0 Å². The summed E-state index contributed by atoms with van der Waals surface area (Å²) < 4.78 is 35.0. The fourth-order valence-corrected chi connectivity index (χ4v) is 0.851. The standard InChI is InChI=1S/C8H9F3N2.2ClH/c9-8(10,11)6-13-5-7-2-1-3-12-4-7;;/h1-4,13H,5-6H2;2*1H. The van der Waals surface area contributed by atoms with Gasteiger partial charge in [0.1, 0.15) is 0 Å². The molecular formula is C8H11Cl2F3N2. The van der Waals surface area contributed by atoms with Gasteiger partial charge in [0.25, 0.3) is 0 Å². The molecule has 0 fully saturated rings. The molecule has 0 bridgehead atoms. The van der Waals surface area contributed by atoms with Gasteiger partial charge in [-0.3, -0.25) is 4.98 Å². The van der Waals surface area contributed by atoms with Gasteiger partial charge in [0.05, 0.1) is 6.54 Å². The van der Waals surface area contributed by atoms with Crippen molar-refractivity contribution in [2.75, 3.05) is 6.54 Å². The maximum absolute atomic E-state index is 11.7. The van der Waals surface area contributed by atoms with Crippen molar-refractivity contribution < 1.29 is 13.2 Å². The Kier molecular flexibility index (Phi) is 8.71. The van der Waals surface area contributed by atoms with Crippen LogP contribution >= 0.6 is 24.8 Å². The summed E-state index contributed by atoms with van der Waals surface area (Å²) in [7, 11) is 0. The van der Waals surface area contributed by atoms with Crippen LogP contribution in [0.3, 0.4) is 0 Å². The van der Waals surface area contributed by atoms with E-state index in [9.17, 15) is 13.2 Å². The van der Waals surface area contributed by atoms with E-state index in [1.165, 1.54) is 6.20 Å². The third-order valence-electron chi connectivity index (χ3n) is 1.38. The minimum Gasteiger partial charge on any atom is -0.305 e. The summed E-state index contributed by atoms with van der Waals surface area (Å²) in [6, 6.07) is 3.40. The largest absolute Gasteiger partial charge is 0.401 e. The average Bonchev–Trinajstić information content (AvgIpc) is 2.04. The van der Waals surface area contributed by atoms with Crippen molar-refractivity contribution in [3.8, 4) is 0 Å². The molecule has 0 unspecified atom stereocenters. The molecule has 1 rings (SSSR count). The van der Waals surface area contributed by atoms with Crippen LogP contribution in [0.5, 0.6) is 0 Å². The van der Waals surface area contributed by atoms with Gasteiger partial charge >= 0.3 is 6.18 Å². The minimum atomic E-state index is -4.15. The highest BCUT2D eigenvalue weighted by molar-refractivity contribution is 5.85. The number of hydrogen-bond acceptors (Lipinski definition) is 2. The topological polar surface area (TPSA) is 24.9 Å². The molecule has 0 radical (unpaired) electrons. The van der Waals surface area contributed by atoms with E-state index in [4.69, 9.17) is 0 Å². The lowest BCUT2D eigenvalue weighted by Gasteiger charge is -2.07. The molecule has 2 nitrogen and oxygen atoms in total. The van der Waals surface area contributed by atoms with Crippen LogP contribution in [0.25, 0.3) is 0 Å². The van der Waals surface area contributed by atoms with Crippen molar-refractivity contribution in [3.05, 3.63) is 30.1 Å². The number of halogens is 5. The van der Waals surface area contributed by atoms with Crippen LogP contribution in [0, 0.1) is 0 Å². The molecule has 0 amide bonds. The molecule has 1 N–H and O–H groups in total. The van der Waals surface area contributed by atoms with Gasteiger partial charge in [-0.25, -0.2) is 0 Å².